The van der Waals surface area contributed by atoms with Crippen molar-refractivity contribution in [2.75, 3.05) is 13.7 Å². The van der Waals surface area contributed by atoms with Crippen molar-refractivity contribution in [1.82, 2.24) is 14.7 Å². The number of hydrogen-bond acceptors (Lipinski definition) is 6. The molecule has 37 heavy (non-hydrogen) atoms. The van der Waals surface area contributed by atoms with Crippen LogP contribution in [0.3, 0.4) is 0 Å². The van der Waals surface area contributed by atoms with Gasteiger partial charge in [-0.2, -0.15) is 5.10 Å². The smallest absolute Gasteiger partial charge is 0.347 e. The summed E-state index contributed by atoms with van der Waals surface area (Å²) in [5, 5.41) is 14.1. The Morgan fingerprint density at radius 3 is 2.54 bits per heavy atom. The number of benzene rings is 2. The fourth-order valence-electron chi connectivity index (χ4n) is 4.04. The monoisotopic (exact) mass is 503 g/mol. The van der Waals surface area contributed by atoms with E-state index in [1.807, 2.05) is 66.2 Å². The number of methoxy groups -OCH3 is 1. The number of aliphatic carboxylic acids is 1. The summed E-state index contributed by atoms with van der Waals surface area (Å²) in [6, 6.07) is 19.5. The first-order valence-corrected chi connectivity index (χ1v) is 12.2. The lowest BCUT2D eigenvalue weighted by Crippen LogP contribution is -2.38. The van der Waals surface area contributed by atoms with Gasteiger partial charge in [-0.1, -0.05) is 24.3 Å². The Balaban J connectivity index is 1.50. The van der Waals surface area contributed by atoms with Crippen LogP contribution in [-0.4, -0.2) is 45.0 Å². The summed E-state index contributed by atoms with van der Waals surface area (Å²) in [5.41, 5.74) is 2.87. The number of carboxylic acids is 1. The van der Waals surface area contributed by atoms with Gasteiger partial charge < -0.3 is 19.0 Å². The maximum absolute atomic E-state index is 11.5. The predicted molar refractivity (Wildman–Crippen MR) is 140 cm³/mol. The molecule has 0 aliphatic rings. The number of aromatic nitrogens is 2. The average Bonchev–Trinajstić information content (AvgIpc) is 3.53. The molecule has 0 aliphatic heterocycles. The molecule has 4 aromatic rings. The number of aryl methyl sites for hydroxylation is 1. The van der Waals surface area contributed by atoms with E-state index in [0.717, 1.165) is 35.7 Å². The van der Waals surface area contributed by atoms with Crippen molar-refractivity contribution in [1.29, 1.82) is 0 Å². The van der Waals surface area contributed by atoms with Crippen LogP contribution in [0.25, 0.3) is 5.69 Å². The van der Waals surface area contributed by atoms with Gasteiger partial charge in [-0.15, -0.1) is 0 Å². The van der Waals surface area contributed by atoms with Crippen molar-refractivity contribution in [2.45, 2.75) is 45.9 Å². The Morgan fingerprint density at radius 2 is 1.86 bits per heavy atom. The van der Waals surface area contributed by atoms with Gasteiger partial charge in [0, 0.05) is 19.3 Å². The molecule has 2 heterocycles. The lowest BCUT2D eigenvalue weighted by atomic mass is 10.1. The lowest BCUT2D eigenvalue weighted by molar-refractivity contribution is -0.152. The van der Waals surface area contributed by atoms with Gasteiger partial charge in [0.1, 0.15) is 5.76 Å². The first-order valence-electron chi connectivity index (χ1n) is 12.2. The molecule has 8 nitrogen and oxygen atoms in total. The van der Waals surface area contributed by atoms with Crippen molar-refractivity contribution in [3.8, 4) is 17.2 Å². The van der Waals surface area contributed by atoms with E-state index in [0.29, 0.717) is 24.6 Å². The quantitative estimate of drug-likeness (QED) is 0.282. The molecule has 2 aromatic carbocycles. The molecule has 2 aromatic heterocycles. The molecular weight excluding hydrogens is 470 g/mol. The Bertz CT molecular complexity index is 1310. The molecule has 0 amide bonds. The van der Waals surface area contributed by atoms with Crippen molar-refractivity contribution < 1.29 is 23.8 Å². The van der Waals surface area contributed by atoms with Crippen LogP contribution in [0.1, 0.15) is 36.4 Å². The normalized spacial score (nSPS) is 11.6. The average molecular weight is 504 g/mol. The van der Waals surface area contributed by atoms with E-state index < -0.39 is 11.6 Å². The predicted octanol–water partition coefficient (Wildman–Crippen LogP) is 5.27. The molecule has 0 bridgehead atoms. The zero-order valence-corrected chi connectivity index (χ0v) is 21.7. The summed E-state index contributed by atoms with van der Waals surface area (Å²) in [7, 11) is 1.55. The van der Waals surface area contributed by atoms with Crippen LogP contribution in [0.4, 0.5) is 0 Å². The molecule has 0 fully saturated rings. The summed E-state index contributed by atoms with van der Waals surface area (Å²) >= 11 is 0. The van der Waals surface area contributed by atoms with Crippen LogP contribution >= 0.6 is 0 Å². The molecule has 0 radical (unpaired) electrons. The van der Waals surface area contributed by atoms with Gasteiger partial charge in [-0.05, 0) is 74.7 Å². The zero-order chi connectivity index (χ0) is 26.4. The van der Waals surface area contributed by atoms with Gasteiger partial charge in [-0.25, -0.2) is 9.48 Å². The molecule has 0 spiro atoms. The number of hydrogen-bond donors (Lipinski definition) is 1. The van der Waals surface area contributed by atoms with Crippen molar-refractivity contribution >= 4 is 5.97 Å². The minimum absolute atomic E-state index is 0.389. The Morgan fingerprint density at radius 1 is 1.08 bits per heavy atom. The number of carbonyl (C=O) groups is 1. The van der Waals surface area contributed by atoms with E-state index >= 15 is 0 Å². The van der Waals surface area contributed by atoms with Gasteiger partial charge in [-0.3, -0.25) is 4.90 Å². The van der Waals surface area contributed by atoms with Crippen molar-refractivity contribution in [3.05, 3.63) is 95.7 Å². The second-order valence-corrected chi connectivity index (χ2v) is 9.46. The molecule has 194 valence electrons. The topological polar surface area (TPSA) is 90.0 Å². The molecular formula is C29H33N3O5. The van der Waals surface area contributed by atoms with Crippen molar-refractivity contribution in [2.24, 2.45) is 0 Å². The first-order chi connectivity index (χ1) is 17.7. The number of carboxylic acid groups (broad SMARTS) is 1. The third-order valence-electron chi connectivity index (χ3n) is 6.19. The largest absolute Gasteiger partial charge is 0.493 e. The summed E-state index contributed by atoms with van der Waals surface area (Å²) in [6.07, 6.45) is 4.60. The molecule has 4 rings (SSSR count). The van der Waals surface area contributed by atoms with Crippen LogP contribution in [-0.2, 0) is 24.3 Å². The van der Waals surface area contributed by atoms with Gasteiger partial charge >= 0.3 is 5.97 Å². The van der Waals surface area contributed by atoms with E-state index in [-0.39, 0.29) is 0 Å². The van der Waals surface area contributed by atoms with Crippen LogP contribution < -0.4 is 9.47 Å². The Kier molecular flexibility index (Phi) is 7.98. The van der Waals surface area contributed by atoms with E-state index in [1.165, 1.54) is 19.4 Å². The van der Waals surface area contributed by atoms with Crippen LogP contribution in [0.2, 0.25) is 0 Å². The Labute approximate surface area is 217 Å². The molecule has 8 heteroatoms. The number of rotatable bonds is 12. The SMILES string of the molecule is COc1cc(CN(CCc2cn(-c3ccccc3)nc2C)Cc2ccco2)ccc1OC(C)(C)C(=O)O. The number of ether oxygens (including phenoxy) is 2. The third kappa shape index (κ3) is 6.59. The molecule has 0 atom stereocenters. The molecule has 1 N–H and O–H groups in total. The highest BCUT2D eigenvalue weighted by Crippen LogP contribution is 2.32. The molecule has 0 saturated heterocycles. The summed E-state index contributed by atoms with van der Waals surface area (Å²) in [4.78, 5) is 13.8. The fraction of sp³-hybridized carbons (Fsp3) is 0.310. The van der Waals surface area contributed by atoms with Crippen molar-refractivity contribution in [3.63, 3.8) is 0 Å². The highest BCUT2D eigenvalue weighted by atomic mass is 16.5. The van der Waals surface area contributed by atoms with Crippen LogP contribution in [0, 0.1) is 6.92 Å². The molecule has 0 saturated carbocycles. The van der Waals surface area contributed by atoms with E-state index in [9.17, 15) is 9.90 Å². The highest BCUT2D eigenvalue weighted by molar-refractivity contribution is 5.77. The maximum atomic E-state index is 11.5. The minimum atomic E-state index is -1.37. The minimum Gasteiger partial charge on any atom is -0.493 e. The van der Waals surface area contributed by atoms with Gasteiger partial charge in [0.25, 0.3) is 0 Å². The van der Waals surface area contributed by atoms with Crippen LogP contribution in [0.5, 0.6) is 11.5 Å². The van der Waals surface area contributed by atoms with Gasteiger partial charge in [0.2, 0.25) is 0 Å². The fourth-order valence-corrected chi connectivity index (χ4v) is 4.04. The number of para-hydroxylation sites is 1. The summed E-state index contributed by atoms with van der Waals surface area (Å²) < 4.78 is 18.8. The second-order valence-electron chi connectivity index (χ2n) is 9.46. The summed E-state index contributed by atoms with van der Waals surface area (Å²) in [5.74, 6) is 0.714. The second kappa shape index (κ2) is 11.3. The van der Waals surface area contributed by atoms with E-state index in [2.05, 4.69) is 11.1 Å². The van der Waals surface area contributed by atoms with Gasteiger partial charge in [0.05, 0.1) is 31.3 Å². The number of nitrogens with zero attached hydrogens (tertiary/aromatic N) is 3. The van der Waals surface area contributed by atoms with Gasteiger partial charge in [0.15, 0.2) is 17.1 Å². The van der Waals surface area contributed by atoms with E-state index in [4.69, 9.17) is 19.0 Å². The number of furan rings is 1. The summed E-state index contributed by atoms with van der Waals surface area (Å²) in [6.45, 7) is 7.13. The van der Waals surface area contributed by atoms with E-state index in [1.54, 1.807) is 19.4 Å². The van der Waals surface area contributed by atoms with Crippen LogP contribution in [0.15, 0.2) is 77.5 Å². The zero-order valence-electron chi connectivity index (χ0n) is 21.7. The maximum Gasteiger partial charge on any atom is 0.347 e. The standard InChI is InChI=1S/C29H33N3O5/c1-21-23(19-32(30-21)24-9-6-5-7-10-24)14-15-31(20-25-11-8-16-36-25)18-22-12-13-26(27(17-22)35-4)37-29(2,3)28(33)34/h5-13,16-17,19H,14-15,18,20H2,1-4H3,(H,33,34). The molecule has 0 unspecified atom stereocenters. The lowest BCUT2D eigenvalue weighted by Gasteiger charge is -2.24. The Hall–Kier alpha value is -4.04. The first kappa shape index (κ1) is 26.0. The highest BCUT2D eigenvalue weighted by Gasteiger charge is 2.30. The molecule has 0 aliphatic carbocycles. The third-order valence-corrected chi connectivity index (χ3v) is 6.19.